The molecule has 5 heteroatoms. The molecule has 4 nitrogen and oxygen atoms in total. The SMILES string of the molecule is Cc1cc(OCC(=O)Nc2ccccc2OC(C)C)ccc1Cl. The first-order valence-electron chi connectivity index (χ1n) is 7.40. The third kappa shape index (κ3) is 5.18. The summed E-state index contributed by atoms with van der Waals surface area (Å²) >= 11 is 5.96. The van der Waals surface area contributed by atoms with Gasteiger partial charge in [-0.05, 0) is 56.7 Å². The lowest BCUT2D eigenvalue weighted by molar-refractivity contribution is -0.118. The van der Waals surface area contributed by atoms with E-state index in [4.69, 9.17) is 21.1 Å². The largest absolute Gasteiger partial charge is 0.489 e. The highest BCUT2D eigenvalue weighted by Crippen LogP contribution is 2.25. The molecule has 0 spiro atoms. The van der Waals surface area contributed by atoms with Crippen LogP contribution in [-0.4, -0.2) is 18.6 Å². The molecule has 0 fully saturated rings. The second-order valence-electron chi connectivity index (χ2n) is 5.41. The van der Waals surface area contributed by atoms with Crippen LogP contribution in [0.2, 0.25) is 5.02 Å². The lowest BCUT2D eigenvalue weighted by Crippen LogP contribution is -2.21. The molecule has 0 aromatic heterocycles. The fourth-order valence-corrected chi connectivity index (χ4v) is 2.09. The minimum atomic E-state index is -0.252. The number of ether oxygens (including phenoxy) is 2. The fraction of sp³-hybridized carbons (Fsp3) is 0.278. The van der Waals surface area contributed by atoms with E-state index in [-0.39, 0.29) is 18.6 Å². The van der Waals surface area contributed by atoms with Gasteiger partial charge in [-0.15, -0.1) is 0 Å². The van der Waals surface area contributed by atoms with Crippen LogP contribution in [0.25, 0.3) is 0 Å². The summed E-state index contributed by atoms with van der Waals surface area (Å²) in [5, 5.41) is 3.47. The van der Waals surface area contributed by atoms with Crippen molar-refractivity contribution in [2.45, 2.75) is 26.9 Å². The molecule has 1 amide bonds. The number of anilines is 1. The molecular formula is C18H20ClNO3. The van der Waals surface area contributed by atoms with Gasteiger partial charge < -0.3 is 14.8 Å². The van der Waals surface area contributed by atoms with Gasteiger partial charge in [0.1, 0.15) is 11.5 Å². The Balaban J connectivity index is 1.96. The van der Waals surface area contributed by atoms with Gasteiger partial charge >= 0.3 is 0 Å². The van der Waals surface area contributed by atoms with Gasteiger partial charge in [0.15, 0.2) is 6.61 Å². The van der Waals surface area contributed by atoms with E-state index in [0.29, 0.717) is 22.2 Å². The van der Waals surface area contributed by atoms with Crippen molar-refractivity contribution in [3.63, 3.8) is 0 Å². The highest BCUT2D eigenvalue weighted by atomic mass is 35.5. The topological polar surface area (TPSA) is 47.6 Å². The molecular weight excluding hydrogens is 314 g/mol. The summed E-state index contributed by atoms with van der Waals surface area (Å²) in [6, 6.07) is 12.6. The molecule has 23 heavy (non-hydrogen) atoms. The van der Waals surface area contributed by atoms with Crippen molar-refractivity contribution in [3.05, 3.63) is 53.1 Å². The molecule has 0 saturated heterocycles. The van der Waals surface area contributed by atoms with Crippen LogP contribution >= 0.6 is 11.6 Å². The Morgan fingerprint density at radius 2 is 1.96 bits per heavy atom. The van der Waals surface area contributed by atoms with E-state index in [2.05, 4.69) is 5.32 Å². The summed E-state index contributed by atoms with van der Waals surface area (Å²) in [4.78, 5) is 12.1. The Morgan fingerprint density at radius 3 is 2.65 bits per heavy atom. The normalized spacial score (nSPS) is 10.5. The number of hydrogen-bond acceptors (Lipinski definition) is 3. The van der Waals surface area contributed by atoms with Gasteiger partial charge in [-0.3, -0.25) is 4.79 Å². The standard InChI is InChI=1S/C18H20ClNO3/c1-12(2)23-17-7-5-4-6-16(17)20-18(21)11-22-14-8-9-15(19)13(3)10-14/h4-10,12H,11H2,1-3H3,(H,20,21). The Morgan fingerprint density at radius 1 is 1.22 bits per heavy atom. The first-order valence-corrected chi connectivity index (χ1v) is 7.78. The van der Waals surface area contributed by atoms with E-state index in [1.54, 1.807) is 24.3 Å². The van der Waals surface area contributed by atoms with Crippen LogP contribution in [0, 0.1) is 6.92 Å². The highest BCUT2D eigenvalue weighted by Gasteiger charge is 2.09. The minimum Gasteiger partial charge on any atom is -0.489 e. The molecule has 0 saturated carbocycles. The zero-order chi connectivity index (χ0) is 16.8. The zero-order valence-corrected chi connectivity index (χ0v) is 14.2. The predicted octanol–water partition coefficient (Wildman–Crippen LogP) is 4.45. The number of amides is 1. The smallest absolute Gasteiger partial charge is 0.262 e. The van der Waals surface area contributed by atoms with E-state index in [0.717, 1.165) is 5.56 Å². The maximum absolute atomic E-state index is 12.1. The number of nitrogens with one attached hydrogen (secondary N) is 1. The number of carbonyl (C=O) groups excluding carboxylic acids is 1. The molecule has 0 aliphatic carbocycles. The molecule has 2 aromatic rings. The Bertz CT molecular complexity index is 686. The van der Waals surface area contributed by atoms with Crippen molar-refractivity contribution in [2.24, 2.45) is 0 Å². The van der Waals surface area contributed by atoms with Crippen molar-refractivity contribution < 1.29 is 14.3 Å². The summed E-state index contributed by atoms with van der Waals surface area (Å²) in [7, 11) is 0. The van der Waals surface area contributed by atoms with Crippen molar-refractivity contribution in [1.29, 1.82) is 0 Å². The van der Waals surface area contributed by atoms with Gasteiger partial charge in [-0.1, -0.05) is 23.7 Å². The van der Waals surface area contributed by atoms with Crippen molar-refractivity contribution in [3.8, 4) is 11.5 Å². The molecule has 0 aliphatic heterocycles. The Hall–Kier alpha value is -2.20. The number of halogens is 1. The second-order valence-corrected chi connectivity index (χ2v) is 5.82. The molecule has 0 aliphatic rings. The second kappa shape index (κ2) is 7.88. The first-order chi connectivity index (χ1) is 11.0. The lowest BCUT2D eigenvalue weighted by atomic mass is 10.2. The van der Waals surface area contributed by atoms with Gasteiger partial charge in [0.05, 0.1) is 11.8 Å². The lowest BCUT2D eigenvalue weighted by Gasteiger charge is -2.15. The maximum Gasteiger partial charge on any atom is 0.262 e. The van der Waals surface area contributed by atoms with E-state index in [1.165, 1.54) is 0 Å². The molecule has 0 bridgehead atoms. The maximum atomic E-state index is 12.1. The first kappa shape index (κ1) is 17.2. The quantitative estimate of drug-likeness (QED) is 0.849. The van der Waals surface area contributed by atoms with Crippen LogP contribution in [0.1, 0.15) is 19.4 Å². The number of benzene rings is 2. The number of para-hydroxylation sites is 2. The van der Waals surface area contributed by atoms with Gasteiger partial charge in [0.25, 0.3) is 5.91 Å². The molecule has 1 N–H and O–H groups in total. The van der Waals surface area contributed by atoms with E-state index >= 15 is 0 Å². The van der Waals surface area contributed by atoms with Gasteiger partial charge in [-0.2, -0.15) is 0 Å². The monoisotopic (exact) mass is 333 g/mol. The van der Waals surface area contributed by atoms with Crippen LogP contribution < -0.4 is 14.8 Å². The van der Waals surface area contributed by atoms with Crippen LogP contribution in [-0.2, 0) is 4.79 Å². The van der Waals surface area contributed by atoms with Crippen molar-refractivity contribution >= 4 is 23.2 Å². The molecule has 2 rings (SSSR count). The van der Waals surface area contributed by atoms with Gasteiger partial charge in [0.2, 0.25) is 0 Å². The molecule has 0 heterocycles. The average molecular weight is 334 g/mol. The average Bonchev–Trinajstić information content (AvgIpc) is 2.50. The van der Waals surface area contributed by atoms with E-state index in [9.17, 15) is 4.79 Å². The van der Waals surface area contributed by atoms with Gasteiger partial charge in [-0.25, -0.2) is 0 Å². The fourth-order valence-electron chi connectivity index (χ4n) is 1.97. The summed E-state index contributed by atoms with van der Waals surface area (Å²) in [5.74, 6) is 0.990. The third-order valence-electron chi connectivity index (χ3n) is 3.02. The van der Waals surface area contributed by atoms with Crippen LogP contribution in [0.5, 0.6) is 11.5 Å². The zero-order valence-electron chi connectivity index (χ0n) is 13.4. The third-order valence-corrected chi connectivity index (χ3v) is 3.45. The van der Waals surface area contributed by atoms with Gasteiger partial charge in [0, 0.05) is 5.02 Å². The number of rotatable bonds is 6. The molecule has 0 unspecified atom stereocenters. The highest BCUT2D eigenvalue weighted by molar-refractivity contribution is 6.31. The van der Waals surface area contributed by atoms with Crippen LogP contribution in [0.15, 0.2) is 42.5 Å². The summed E-state index contributed by atoms with van der Waals surface area (Å²) in [6.45, 7) is 5.67. The molecule has 0 atom stereocenters. The van der Waals surface area contributed by atoms with Crippen LogP contribution in [0.3, 0.4) is 0 Å². The molecule has 122 valence electrons. The molecule has 0 radical (unpaired) electrons. The predicted molar refractivity (Wildman–Crippen MR) is 92.5 cm³/mol. The summed E-state index contributed by atoms with van der Waals surface area (Å²) in [6.07, 6.45) is 0.0290. The summed E-state index contributed by atoms with van der Waals surface area (Å²) < 4.78 is 11.2. The van der Waals surface area contributed by atoms with Crippen LogP contribution in [0.4, 0.5) is 5.69 Å². The Labute approximate surface area is 141 Å². The number of aryl methyl sites for hydroxylation is 1. The van der Waals surface area contributed by atoms with Crippen molar-refractivity contribution in [1.82, 2.24) is 0 Å². The number of carbonyl (C=O) groups is 1. The van der Waals surface area contributed by atoms with E-state index < -0.39 is 0 Å². The number of hydrogen-bond donors (Lipinski definition) is 1. The minimum absolute atomic E-state index is 0.0290. The van der Waals surface area contributed by atoms with E-state index in [1.807, 2.05) is 39.0 Å². The summed E-state index contributed by atoms with van der Waals surface area (Å²) in [5.41, 5.74) is 1.53. The van der Waals surface area contributed by atoms with Crippen molar-refractivity contribution in [2.75, 3.05) is 11.9 Å². The Kier molecular flexibility index (Phi) is 5.88. The molecule has 2 aromatic carbocycles.